The number of nitrogens with zero attached hydrogens (tertiary/aromatic N) is 1. The lowest BCUT2D eigenvalue weighted by Gasteiger charge is -2.27. The van der Waals surface area contributed by atoms with Gasteiger partial charge < -0.3 is 33.0 Å². The molecule has 0 radical (unpaired) electrons. The first-order chi connectivity index (χ1) is 18.2. The third-order valence-corrected chi connectivity index (χ3v) is 6.87. The molecule has 37 heavy (non-hydrogen) atoms. The second-order valence-corrected chi connectivity index (χ2v) is 9.17. The van der Waals surface area contributed by atoms with E-state index >= 15 is 0 Å². The van der Waals surface area contributed by atoms with Crippen LogP contribution in [0.15, 0.2) is 63.8 Å². The van der Waals surface area contributed by atoms with Crippen LogP contribution in [-0.2, 0) is 4.74 Å². The van der Waals surface area contributed by atoms with E-state index in [1.54, 1.807) is 6.07 Å². The maximum atomic E-state index is 13.5. The van der Waals surface area contributed by atoms with Crippen molar-refractivity contribution in [3.8, 4) is 45.3 Å². The maximum Gasteiger partial charge on any atom is 0.200 e. The number of anilines is 1. The molecular weight excluding hydrogens is 474 g/mol. The zero-order valence-corrected chi connectivity index (χ0v) is 20.2. The first-order valence-electron chi connectivity index (χ1n) is 12.5. The summed E-state index contributed by atoms with van der Waals surface area (Å²) >= 11 is 0. The Morgan fingerprint density at radius 1 is 0.595 bits per heavy atom. The quantitative estimate of drug-likeness (QED) is 0.408. The summed E-state index contributed by atoms with van der Waals surface area (Å²) in [5, 5.41) is 0.509. The van der Waals surface area contributed by atoms with Gasteiger partial charge in [-0.05, 0) is 53.1 Å². The zero-order valence-electron chi connectivity index (χ0n) is 20.2. The minimum Gasteiger partial charge on any atom is -0.486 e. The van der Waals surface area contributed by atoms with Crippen LogP contribution in [0.2, 0.25) is 0 Å². The molecule has 0 atom stereocenters. The number of fused-ring (bicyclic) bond motifs is 3. The van der Waals surface area contributed by atoms with Crippen molar-refractivity contribution in [2.24, 2.45) is 0 Å². The highest BCUT2D eigenvalue weighted by molar-refractivity contribution is 5.97. The van der Waals surface area contributed by atoms with Gasteiger partial charge in [0.15, 0.2) is 34.3 Å². The summed E-state index contributed by atoms with van der Waals surface area (Å²) in [4.78, 5) is 15.5. The molecule has 1 saturated heterocycles. The van der Waals surface area contributed by atoms with Gasteiger partial charge in [0, 0.05) is 24.7 Å². The Kier molecular flexibility index (Phi) is 5.39. The number of rotatable bonds is 3. The molecule has 188 valence electrons. The predicted octanol–water partition coefficient (Wildman–Crippen LogP) is 4.51. The summed E-state index contributed by atoms with van der Waals surface area (Å²) < 4.78 is 35.0. The van der Waals surface area contributed by atoms with Gasteiger partial charge in [-0.25, -0.2) is 0 Å². The van der Waals surface area contributed by atoms with Crippen molar-refractivity contribution in [1.29, 1.82) is 0 Å². The second-order valence-electron chi connectivity index (χ2n) is 9.17. The molecule has 7 rings (SSSR count). The number of hydrogen-bond acceptors (Lipinski definition) is 8. The van der Waals surface area contributed by atoms with E-state index in [1.807, 2.05) is 53.4 Å². The van der Waals surface area contributed by atoms with Crippen LogP contribution in [0.3, 0.4) is 0 Å². The lowest BCUT2D eigenvalue weighted by Crippen LogP contribution is -2.36. The van der Waals surface area contributed by atoms with Crippen molar-refractivity contribution in [3.63, 3.8) is 0 Å². The lowest BCUT2D eigenvalue weighted by atomic mass is 9.95. The Labute approximate surface area is 212 Å². The van der Waals surface area contributed by atoms with Crippen LogP contribution in [0.1, 0.15) is 0 Å². The summed E-state index contributed by atoms with van der Waals surface area (Å²) in [6.07, 6.45) is 0. The molecular formula is C29H25NO7. The normalized spacial score (nSPS) is 16.6. The second kappa shape index (κ2) is 9.05. The van der Waals surface area contributed by atoms with Gasteiger partial charge in [-0.1, -0.05) is 12.1 Å². The van der Waals surface area contributed by atoms with Crippen LogP contribution in [0.25, 0.3) is 33.2 Å². The fourth-order valence-electron chi connectivity index (χ4n) is 5.00. The molecule has 0 amide bonds. The average molecular weight is 500 g/mol. The lowest BCUT2D eigenvalue weighted by molar-refractivity contribution is 0.121. The SMILES string of the molecule is O=c1cc(N2CCOCC2)oc2c(-c3ccc4c(c3)OCCO4)cc(-c3ccc4c(c3)OCCO4)cc12. The summed E-state index contributed by atoms with van der Waals surface area (Å²) in [5.41, 5.74) is 3.90. The Bertz CT molecular complexity index is 1550. The highest BCUT2D eigenvalue weighted by atomic mass is 16.6. The minimum absolute atomic E-state index is 0.0964. The van der Waals surface area contributed by atoms with E-state index in [4.69, 9.17) is 28.1 Å². The fourth-order valence-corrected chi connectivity index (χ4v) is 5.00. The van der Waals surface area contributed by atoms with Gasteiger partial charge in [-0.2, -0.15) is 0 Å². The van der Waals surface area contributed by atoms with Crippen molar-refractivity contribution in [3.05, 3.63) is 64.8 Å². The first-order valence-corrected chi connectivity index (χ1v) is 12.5. The summed E-state index contributed by atoms with van der Waals surface area (Å²) in [5.74, 6) is 3.34. The smallest absolute Gasteiger partial charge is 0.200 e. The summed E-state index contributed by atoms with van der Waals surface area (Å²) in [7, 11) is 0. The van der Waals surface area contributed by atoms with E-state index in [2.05, 4.69) is 0 Å². The monoisotopic (exact) mass is 499 g/mol. The number of benzene rings is 3. The maximum absolute atomic E-state index is 13.5. The molecule has 4 heterocycles. The van der Waals surface area contributed by atoms with E-state index in [-0.39, 0.29) is 5.43 Å². The summed E-state index contributed by atoms with van der Waals surface area (Å²) in [6, 6.07) is 17.2. The van der Waals surface area contributed by atoms with Crippen LogP contribution in [-0.4, -0.2) is 52.7 Å². The van der Waals surface area contributed by atoms with Crippen molar-refractivity contribution in [2.45, 2.75) is 0 Å². The molecule has 0 bridgehead atoms. The Balaban J connectivity index is 1.43. The predicted molar refractivity (Wildman–Crippen MR) is 138 cm³/mol. The fraction of sp³-hybridized carbons (Fsp3) is 0.276. The molecule has 0 unspecified atom stereocenters. The van der Waals surface area contributed by atoms with Crippen LogP contribution >= 0.6 is 0 Å². The molecule has 8 nitrogen and oxygen atoms in total. The highest BCUT2D eigenvalue weighted by Gasteiger charge is 2.21. The van der Waals surface area contributed by atoms with Gasteiger partial charge >= 0.3 is 0 Å². The average Bonchev–Trinajstić information content (AvgIpc) is 2.96. The van der Waals surface area contributed by atoms with E-state index < -0.39 is 0 Å². The standard InChI is InChI=1S/C29H25NO7/c31-23-17-28(30-5-7-32-8-6-30)37-29-21(19-2-4-25-27(16-19)36-12-10-34-25)13-20(14-22(23)29)18-1-3-24-26(15-18)35-11-9-33-24/h1-4,13-17H,5-12H2. The van der Waals surface area contributed by atoms with Gasteiger partial charge in [-0.3, -0.25) is 4.79 Å². The van der Waals surface area contributed by atoms with Crippen LogP contribution < -0.4 is 29.3 Å². The van der Waals surface area contributed by atoms with E-state index in [0.717, 1.165) is 28.0 Å². The molecule has 0 saturated carbocycles. The third-order valence-electron chi connectivity index (χ3n) is 6.87. The molecule has 3 aliphatic rings. The molecule has 3 aliphatic heterocycles. The van der Waals surface area contributed by atoms with E-state index in [1.165, 1.54) is 0 Å². The van der Waals surface area contributed by atoms with E-state index in [0.29, 0.717) is 86.8 Å². The molecule has 3 aromatic carbocycles. The summed E-state index contributed by atoms with van der Waals surface area (Å²) in [6.45, 7) is 4.58. The van der Waals surface area contributed by atoms with Crippen molar-refractivity contribution >= 4 is 16.9 Å². The zero-order chi connectivity index (χ0) is 24.8. The molecule has 0 spiro atoms. The third kappa shape index (κ3) is 4.03. The van der Waals surface area contributed by atoms with Crippen molar-refractivity contribution in [1.82, 2.24) is 0 Å². The van der Waals surface area contributed by atoms with E-state index in [9.17, 15) is 4.79 Å². The Morgan fingerprint density at radius 2 is 1.22 bits per heavy atom. The number of ether oxygens (including phenoxy) is 5. The van der Waals surface area contributed by atoms with Crippen LogP contribution in [0.5, 0.6) is 23.0 Å². The van der Waals surface area contributed by atoms with Gasteiger partial charge in [0.25, 0.3) is 0 Å². The van der Waals surface area contributed by atoms with Gasteiger partial charge in [0.05, 0.1) is 18.6 Å². The molecule has 1 fully saturated rings. The van der Waals surface area contributed by atoms with Gasteiger partial charge in [-0.15, -0.1) is 0 Å². The van der Waals surface area contributed by atoms with Gasteiger partial charge in [0.2, 0.25) is 0 Å². The van der Waals surface area contributed by atoms with Crippen LogP contribution in [0.4, 0.5) is 5.88 Å². The molecule has 1 aromatic heterocycles. The Hall–Kier alpha value is -4.17. The molecule has 8 heteroatoms. The molecule has 0 aliphatic carbocycles. The number of hydrogen-bond donors (Lipinski definition) is 0. The molecule has 0 N–H and O–H groups in total. The molecule has 4 aromatic rings. The number of morpholine rings is 1. The topological polar surface area (TPSA) is 79.6 Å². The first kappa shape index (κ1) is 22.1. The largest absolute Gasteiger partial charge is 0.486 e. The Morgan fingerprint density at radius 3 is 1.92 bits per heavy atom. The van der Waals surface area contributed by atoms with Crippen molar-refractivity contribution in [2.75, 3.05) is 57.6 Å². The van der Waals surface area contributed by atoms with Crippen molar-refractivity contribution < 1.29 is 28.1 Å². The van der Waals surface area contributed by atoms with Crippen LogP contribution in [0, 0.1) is 0 Å². The minimum atomic E-state index is -0.0964. The highest BCUT2D eigenvalue weighted by Crippen LogP contribution is 2.41. The van der Waals surface area contributed by atoms with Gasteiger partial charge in [0.1, 0.15) is 32.0 Å².